The first-order valence-electron chi connectivity index (χ1n) is 10.8. The van der Waals surface area contributed by atoms with E-state index in [-0.39, 0.29) is 29.8 Å². The average molecular weight is 478 g/mol. The van der Waals surface area contributed by atoms with Gasteiger partial charge in [-0.05, 0) is 49.3 Å². The monoisotopic (exact) mass is 477 g/mol. The van der Waals surface area contributed by atoms with E-state index in [9.17, 15) is 18.0 Å². The molecule has 2 heterocycles. The molecule has 0 saturated carbocycles. The van der Waals surface area contributed by atoms with Gasteiger partial charge in [0.15, 0.2) is 0 Å². The lowest BCUT2D eigenvalue weighted by atomic mass is 9.95. The molecular weight excluding hydrogens is 446 g/mol. The van der Waals surface area contributed by atoms with Crippen LogP contribution in [0.5, 0.6) is 0 Å². The smallest absolute Gasteiger partial charge is 0.247 e. The molecule has 2 amide bonds. The van der Waals surface area contributed by atoms with E-state index in [0.717, 1.165) is 15.6 Å². The van der Waals surface area contributed by atoms with Crippen LogP contribution in [0.15, 0.2) is 52.7 Å². The molecule has 1 aromatic heterocycles. The molecule has 1 N–H and O–H groups in total. The number of carbonyl (C=O) groups is 2. The van der Waals surface area contributed by atoms with Crippen molar-refractivity contribution in [1.82, 2.24) is 14.5 Å². The summed E-state index contributed by atoms with van der Waals surface area (Å²) >= 11 is 1.60. The van der Waals surface area contributed by atoms with Gasteiger partial charge in [-0.2, -0.15) is 4.31 Å². The molecule has 7 nitrogen and oxygen atoms in total. The molecule has 1 unspecified atom stereocenters. The van der Waals surface area contributed by atoms with Crippen LogP contribution in [-0.4, -0.2) is 61.2 Å². The highest BCUT2D eigenvalue weighted by Gasteiger charge is 2.50. The standard InChI is InChI=1S/C23H31N3O4S2/c1-18(2)11-13-24-22(28)23(3)17-25(32(29,30)20-9-5-4-6-10-20)16-21(27)26(23)14-12-19-8-7-15-31-19/h4-10,15,18H,11-14,16-17H2,1-3H3,(H,24,28). The number of hydrogen-bond donors (Lipinski definition) is 1. The summed E-state index contributed by atoms with van der Waals surface area (Å²) in [4.78, 5) is 29.3. The number of benzene rings is 1. The van der Waals surface area contributed by atoms with Crippen molar-refractivity contribution in [3.05, 3.63) is 52.7 Å². The van der Waals surface area contributed by atoms with E-state index in [1.165, 1.54) is 12.1 Å². The lowest BCUT2D eigenvalue weighted by Gasteiger charge is -2.46. The van der Waals surface area contributed by atoms with Crippen LogP contribution in [0, 0.1) is 5.92 Å². The van der Waals surface area contributed by atoms with Crippen LogP contribution in [0.1, 0.15) is 32.1 Å². The molecule has 1 aliphatic rings. The van der Waals surface area contributed by atoms with E-state index >= 15 is 0 Å². The summed E-state index contributed by atoms with van der Waals surface area (Å²) in [5.74, 6) is -0.277. The molecule has 2 aromatic rings. The second-order valence-corrected chi connectivity index (χ2v) is 11.6. The van der Waals surface area contributed by atoms with Gasteiger partial charge in [0.1, 0.15) is 5.54 Å². The van der Waals surface area contributed by atoms with Crippen molar-refractivity contribution in [2.45, 2.75) is 44.0 Å². The Morgan fingerprint density at radius 2 is 1.91 bits per heavy atom. The van der Waals surface area contributed by atoms with E-state index in [2.05, 4.69) is 19.2 Å². The molecule has 174 valence electrons. The Hall–Kier alpha value is -2.23. The van der Waals surface area contributed by atoms with Crippen molar-refractivity contribution >= 4 is 33.2 Å². The van der Waals surface area contributed by atoms with Gasteiger partial charge in [-0.15, -0.1) is 11.3 Å². The normalized spacial score (nSPS) is 20.0. The summed E-state index contributed by atoms with van der Waals surface area (Å²) in [5.41, 5.74) is -1.30. The number of hydrogen-bond acceptors (Lipinski definition) is 5. The SMILES string of the molecule is CC(C)CCNC(=O)C1(C)CN(S(=O)(=O)c2ccccc2)CC(=O)N1CCc1cccs1. The van der Waals surface area contributed by atoms with Crippen molar-refractivity contribution in [2.24, 2.45) is 5.92 Å². The first-order chi connectivity index (χ1) is 15.1. The van der Waals surface area contributed by atoms with Gasteiger partial charge >= 0.3 is 0 Å². The molecule has 0 bridgehead atoms. The molecule has 1 atom stereocenters. The Morgan fingerprint density at radius 1 is 1.19 bits per heavy atom. The van der Waals surface area contributed by atoms with Gasteiger partial charge in [0, 0.05) is 24.5 Å². The summed E-state index contributed by atoms with van der Waals surface area (Å²) in [6.45, 7) is 6.26. The molecule has 0 radical (unpaired) electrons. The molecule has 9 heteroatoms. The summed E-state index contributed by atoms with van der Waals surface area (Å²) in [6.07, 6.45) is 1.42. The third-order valence-electron chi connectivity index (χ3n) is 5.73. The molecule has 0 aliphatic carbocycles. The number of nitrogens with one attached hydrogen (secondary N) is 1. The summed E-state index contributed by atoms with van der Waals surface area (Å²) in [7, 11) is -3.91. The minimum Gasteiger partial charge on any atom is -0.354 e. The maximum Gasteiger partial charge on any atom is 0.247 e. The number of amides is 2. The van der Waals surface area contributed by atoms with Crippen molar-refractivity contribution in [1.29, 1.82) is 0 Å². The lowest BCUT2D eigenvalue weighted by Crippen LogP contribution is -2.70. The summed E-state index contributed by atoms with van der Waals surface area (Å²) < 4.78 is 27.6. The van der Waals surface area contributed by atoms with Gasteiger partial charge in [-0.25, -0.2) is 8.42 Å². The highest BCUT2D eigenvalue weighted by molar-refractivity contribution is 7.89. The van der Waals surface area contributed by atoms with Crippen LogP contribution in [0.4, 0.5) is 0 Å². The molecule has 1 saturated heterocycles. The van der Waals surface area contributed by atoms with Crippen LogP contribution in [0.2, 0.25) is 0 Å². The van der Waals surface area contributed by atoms with Crippen molar-refractivity contribution < 1.29 is 18.0 Å². The summed E-state index contributed by atoms with van der Waals surface area (Å²) in [6, 6.07) is 12.0. The largest absolute Gasteiger partial charge is 0.354 e. The van der Waals surface area contributed by atoms with Gasteiger partial charge in [-0.3, -0.25) is 9.59 Å². The van der Waals surface area contributed by atoms with Crippen molar-refractivity contribution in [2.75, 3.05) is 26.2 Å². The average Bonchev–Trinajstić information content (AvgIpc) is 3.27. The maximum absolute atomic E-state index is 13.3. The highest BCUT2D eigenvalue weighted by atomic mass is 32.2. The Balaban J connectivity index is 1.87. The molecule has 1 fully saturated rings. The highest BCUT2D eigenvalue weighted by Crippen LogP contribution is 2.28. The Kier molecular flexibility index (Phi) is 7.74. The second-order valence-electron chi connectivity index (χ2n) is 8.67. The minimum absolute atomic E-state index is 0.0894. The minimum atomic E-state index is -3.91. The van der Waals surface area contributed by atoms with Crippen LogP contribution < -0.4 is 5.32 Å². The Labute approximate surface area is 194 Å². The fourth-order valence-corrected chi connectivity index (χ4v) is 6.01. The van der Waals surface area contributed by atoms with Crippen LogP contribution in [0.25, 0.3) is 0 Å². The van der Waals surface area contributed by atoms with Crippen LogP contribution in [-0.2, 0) is 26.0 Å². The molecule has 0 spiro atoms. The Morgan fingerprint density at radius 3 is 2.53 bits per heavy atom. The predicted molar refractivity (Wildman–Crippen MR) is 126 cm³/mol. The van der Waals surface area contributed by atoms with Gasteiger partial charge in [0.2, 0.25) is 21.8 Å². The fraction of sp³-hybridized carbons (Fsp3) is 0.478. The maximum atomic E-state index is 13.3. The number of carbonyl (C=O) groups excluding carboxylic acids is 2. The number of rotatable bonds is 9. The van der Waals surface area contributed by atoms with E-state index < -0.39 is 15.6 Å². The molecule has 1 aliphatic heterocycles. The van der Waals surface area contributed by atoms with E-state index in [1.807, 2.05) is 17.5 Å². The zero-order chi connectivity index (χ0) is 23.4. The molecule has 32 heavy (non-hydrogen) atoms. The Bertz CT molecular complexity index is 1020. The molecule has 1 aromatic carbocycles. The third kappa shape index (κ3) is 5.39. The van der Waals surface area contributed by atoms with Gasteiger partial charge in [0.25, 0.3) is 0 Å². The quantitative estimate of drug-likeness (QED) is 0.602. The number of sulfonamides is 1. The summed E-state index contributed by atoms with van der Waals surface area (Å²) in [5, 5.41) is 4.90. The van der Waals surface area contributed by atoms with Crippen LogP contribution >= 0.6 is 11.3 Å². The van der Waals surface area contributed by atoms with Gasteiger partial charge in [0.05, 0.1) is 11.4 Å². The van der Waals surface area contributed by atoms with Gasteiger partial charge in [-0.1, -0.05) is 38.1 Å². The molecule has 3 rings (SSSR count). The predicted octanol–water partition coefficient (Wildman–Crippen LogP) is 2.74. The zero-order valence-corrected chi connectivity index (χ0v) is 20.4. The zero-order valence-electron chi connectivity index (χ0n) is 18.8. The fourth-order valence-electron chi connectivity index (χ4n) is 3.82. The van der Waals surface area contributed by atoms with E-state index in [0.29, 0.717) is 25.4 Å². The second kappa shape index (κ2) is 10.1. The number of thiophene rings is 1. The first kappa shape index (κ1) is 24.4. The topological polar surface area (TPSA) is 86.8 Å². The molecular formula is C23H31N3O4S2. The van der Waals surface area contributed by atoms with Crippen LogP contribution in [0.3, 0.4) is 0 Å². The van der Waals surface area contributed by atoms with E-state index in [4.69, 9.17) is 0 Å². The number of nitrogens with zero attached hydrogens (tertiary/aromatic N) is 2. The van der Waals surface area contributed by atoms with Crippen molar-refractivity contribution in [3.8, 4) is 0 Å². The van der Waals surface area contributed by atoms with Gasteiger partial charge < -0.3 is 10.2 Å². The number of piperazine rings is 1. The first-order valence-corrected chi connectivity index (χ1v) is 13.1. The lowest BCUT2D eigenvalue weighted by molar-refractivity contribution is -0.152. The third-order valence-corrected chi connectivity index (χ3v) is 8.47. The van der Waals surface area contributed by atoms with Crippen molar-refractivity contribution in [3.63, 3.8) is 0 Å². The van der Waals surface area contributed by atoms with E-state index in [1.54, 1.807) is 41.4 Å².